The molecule has 0 aromatic carbocycles. The highest BCUT2D eigenvalue weighted by Crippen LogP contribution is 2.04. The van der Waals surface area contributed by atoms with Crippen LogP contribution in [0, 0.1) is 5.92 Å². The number of hydrogen-bond donors (Lipinski definition) is 0. The maximum absolute atomic E-state index is 3.39. The lowest BCUT2D eigenvalue weighted by Gasteiger charge is -1.98. The second kappa shape index (κ2) is 5.36. The molecule has 0 aromatic heterocycles. The van der Waals surface area contributed by atoms with Crippen LogP contribution in [0.1, 0.15) is 20.3 Å². The molecule has 0 heterocycles. The molecule has 0 N–H and O–H groups in total. The summed E-state index contributed by atoms with van der Waals surface area (Å²) in [6.45, 7) is 4.28. The van der Waals surface area contributed by atoms with Crippen LogP contribution in [-0.4, -0.2) is 5.33 Å². The third kappa shape index (κ3) is 4.38. The van der Waals surface area contributed by atoms with Gasteiger partial charge in [-0.1, -0.05) is 35.0 Å². The number of allylic oxidation sites excluding steroid dienone is 2. The first-order valence-corrected chi connectivity index (χ1v) is 4.12. The van der Waals surface area contributed by atoms with Crippen LogP contribution in [0.2, 0.25) is 0 Å². The predicted octanol–water partition coefficient (Wildman–Crippen LogP) is 2.98. The van der Waals surface area contributed by atoms with Crippen molar-refractivity contribution in [2.24, 2.45) is 5.92 Å². The Morgan fingerprint density at radius 1 is 1.62 bits per heavy atom. The molecule has 0 saturated heterocycles. The first kappa shape index (κ1) is 8.22. The third-order valence-electron chi connectivity index (χ3n) is 1.09. The molecule has 0 aliphatic rings. The SMILES string of the molecule is C/C=C\[C@@H](C)CCBr. The van der Waals surface area contributed by atoms with E-state index in [0.29, 0.717) is 0 Å². The fourth-order valence-corrected chi connectivity index (χ4v) is 1.32. The van der Waals surface area contributed by atoms with E-state index in [1.54, 1.807) is 0 Å². The molecule has 0 aromatic rings. The zero-order chi connectivity index (χ0) is 6.41. The van der Waals surface area contributed by atoms with Gasteiger partial charge in [-0.2, -0.15) is 0 Å². The van der Waals surface area contributed by atoms with Gasteiger partial charge in [0.25, 0.3) is 0 Å². The van der Waals surface area contributed by atoms with E-state index < -0.39 is 0 Å². The Morgan fingerprint density at radius 2 is 2.25 bits per heavy atom. The average Bonchev–Trinajstić information content (AvgIpc) is 1.68. The summed E-state index contributed by atoms with van der Waals surface area (Å²) in [6, 6.07) is 0. The molecule has 1 atom stereocenters. The van der Waals surface area contributed by atoms with Crippen LogP contribution in [0.25, 0.3) is 0 Å². The molecule has 1 heteroatoms. The fraction of sp³-hybridized carbons (Fsp3) is 0.714. The molecule has 0 fully saturated rings. The lowest BCUT2D eigenvalue weighted by Crippen LogP contribution is -1.88. The van der Waals surface area contributed by atoms with Crippen molar-refractivity contribution in [2.45, 2.75) is 20.3 Å². The van der Waals surface area contributed by atoms with E-state index in [1.807, 2.05) is 0 Å². The zero-order valence-electron chi connectivity index (χ0n) is 5.52. The second-order valence-corrected chi connectivity index (χ2v) is 2.77. The van der Waals surface area contributed by atoms with Gasteiger partial charge in [0.2, 0.25) is 0 Å². The van der Waals surface area contributed by atoms with E-state index in [2.05, 4.69) is 41.9 Å². The van der Waals surface area contributed by atoms with Gasteiger partial charge in [0.05, 0.1) is 0 Å². The second-order valence-electron chi connectivity index (χ2n) is 1.98. The van der Waals surface area contributed by atoms with Crippen molar-refractivity contribution >= 4 is 15.9 Å². The summed E-state index contributed by atoms with van der Waals surface area (Å²) in [7, 11) is 0. The van der Waals surface area contributed by atoms with Gasteiger partial charge < -0.3 is 0 Å². The molecule has 0 radical (unpaired) electrons. The van der Waals surface area contributed by atoms with Gasteiger partial charge in [0.15, 0.2) is 0 Å². The Balaban J connectivity index is 3.17. The summed E-state index contributed by atoms with van der Waals surface area (Å²) >= 11 is 3.39. The first-order valence-electron chi connectivity index (χ1n) is 3.00. The molecule has 0 spiro atoms. The normalized spacial score (nSPS) is 14.9. The van der Waals surface area contributed by atoms with Gasteiger partial charge in [-0.25, -0.2) is 0 Å². The maximum atomic E-state index is 3.39. The van der Waals surface area contributed by atoms with Gasteiger partial charge in [0, 0.05) is 5.33 Å². The van der Waals surface area contributed by atoms with Crippen molar-refractivity contribution in [3.8, 4) is 0 Å². The molecule has 8 heavy (non-hydrogen) atoms. The van der Waals surface area contributed by atoms with Gasteiger partial charge in [0.1, 0.15) is 0 Å². The van der Waals surface area contributed by atoms with Crippen LogP contribution < -0.4 is 0 Å². The van der Waals surface area contributed by atoms with Gasteiger partial charge in [-0.05, 0) is 19.3 Å². The quantitative estimate of drug-likeness (QED) is 0.459. The summed E-state index contributed by atoms with van der Waals surface area (Å²) in [5, 5.41) is 1.11. The molecule has 48 valence electrons. The largest absolute Gasteiger partial charge is 0.0928 e. The summed E-state index contributed by atoms with van der Waals surface area (Å²) < 4.78 is 0. The summed E-state index contributed by atoms with van der Waals surface area (Å²) in [5.74, 6) is 0.736. The number of halogens is 1. The lowest BCUT2D eigenvalue weighted by atomic mass is 10.1. The van der Waals surface area contributed by atoms with E-state index in [-0.39, 0.29) is 0 Å². The summed E-state index contributed by atoms with van der Waals surface area (Å²) in [4.78, 5) is 0. The highest BCUT2D eigenvalue weighted by molar-refractivity contribution is 9.09. The topological polar surface area (TPSA) is 0 Å². The Kier molecular flexibility index (Phi) is 5.51. The summed E-state index contributed by atoms with van der Waals surface area (Å²) in [5.41, 5.74) is 0. The van der Waals surface area contributed by atoms with Crippen LogP contribution in [0.5, 0.6) is 0 Å². The van der Waals surface area contributed by atoms with Gasteiger partial charge in [-0.15, -0.1) is 0 Å². The molecule has 0 aliphatic heterocycles. The maximum Gasteiger partial charge on any atom is 0.00368 e. The Labute approximate surface area is 60.1 Å². The van der Waals surface area contributed by atoms with Gasteiger partial charge in [-0.3, -0.25) is 0 Å². The van der Waals surface area contributed by atoms with E-state index in [4.69, 9.17) is 0 Å². The van der Waals surface area contributed by atoms with Crippen molar-refractivity contribution in [1.29, 1.82) is 0 Å². The molecule has 0 bridgehead atoms. The molecular weight excluding hydrogens is 164 g/mol. The molecule has 0 unspecified atom stereocenters. The third-order valence-corrected chi connectivity index (χ3v) is 1.54. The molecule has 0 amide bonds. The smallest absolute Gasteiger partial charge is 0.00368 e. The number of hydrogen-bond acceptors (Lipinski definition) is 0. The van der Waals surface area contributed by atoms with Crippen LogP contribution >= 0.6 is 15.9 Å². The Bertz CT molecular complexity index is 66.8. The van der Waals surface area contributed by atoms with Crippen molar-refractivity contribution in [3.05, 3.63) is 12.2 Å². The molecule has 0 aliphatic carbocycles. The Morgan fingerprint density at radius 3 is 2.62 bits per heavy atom. The first-order chi connectivity index (χ1) is 3.81. The fourth-order valence-electron chi connectivity index (χ4n) is 0.597. The van der Waals surface area contributed by atoms with Crippen LogP contribution in [0.3, 0.4) is 0 Å². The van der Waals surface area contributed by atoms with Crippen molar-refractivity contribution in [1.82, 2.24) is 0 Å². The average molecular weight is 177 g/mol. The zero-order valence-corrected chi connectivity index (χ0v) is 7.11. The van der Waals surface area contributed by atoms with Gasteiger partial charge >= 0.3 is 0 Å². The highest BCUT2D eigenvalue weighted by atomic mass is 79.9. The molecule has 0 saturated carbocycles. The molecular formula is C7H13Br. The van der Waals surface area contributed by atoms with E-state index in [9.17, 15) is 0 Å². The number of alkyl halides is 1. The van der Waals surface area contributed by atoms with Crippen LogP contribution in [0.15, 0.2) is 12.2 Å². The minimum absolute atomic E-state index is 0.736. The Hall–Kier alpha value is 0.220. The van der Waals surface area contributed by atoms with Crippen molar-refractivity contribution < 1.29 is 0 Å². The standard InChI is InChI=1S/C7H13Br/c1-3-4-7(2)5-6-8/h3-4,7H,5-6H2,1-2H3/b4-3-/t7-/m1/s1. The van der Waals surface area contributed by atoms with Crippen LogP contribution in [-0.2, 0) is 0 Å². The van der Waals surface area contributed by atoms with Crippen LogP contribution in [0.4, 0.5) is 0 Å². The molecule has 0 nitrogen and oxygen atoms in total. The van der Waals surface area contributed by atoms with Crippen molar-refractivity contribution in [3.63, 3.8) is 0 Å². The summed E-state index contributed by atoms with van der Waals surface area (Å²) in [6.07, 6.45) is 5.57. The highest BCUT2D eigenvalue weighted by Gasteiger charge is 1.91. The predicted molar refractivity (Wildman–Crippen MR) is 42.4 cm³/mol. The minimum Gasteiger partial charge on any atom is -0.0928 e. The van der Waals surface area contributed by atoms with Crippen molar-refractivity contribution in [2.75, 3.05) is 5.33 Å². The molecule has 0 rings (SSSR count). The number of rotatable bonds is 3. The lowest BCUT2D eigenvalue weighted by molar-refractivity contribution is 0.707. The van der Waals surface area contributed by atoms with E-state index >= 15 is 0 Å². The monoisotopic (exact) mass is 176 g/mol. The van der Waals surface area contributed by atoms with E-state index in [0.717, 1.165) is 11.2 Å². The van der Waals surface area contributed by atoms with E-state index in [1.165, 1.54) is 6.42 Å². The minimum atomic E-state index is 0.736.